The van der Waals surface area contributed by atoms with Gasteiger partial charge in [-0.25, -0.2) is 0 Å². The van der Waals surface area contributed by atoms with Gasteiger partial charge in [-0.1, -0.05) is 0 Å². The molecule has 1 fully saturated rings. The predicted octanol–water partition coefficient (Wildman–Crippen LogP) is -4.10. The molecule has 8 N–H and O–H groups in total. The van der Waals surface area contributed by atoms with E-state index in [0.717, 1.165) is 0 Å². The van der Waals surface area contributed by atoms with Gasteiger partial charge in [0.05, 0.1) is 0 Å². The third-order valence-corrected chi connectivity index (χ3v) is 3.24. The third kappa shape index (κ3) is 4.40. The summed E-state index contributed by atoms with van der Waals surface area (Å²) in [6.45, 7) is 2.61. The first-order chi connectivity index (χ1) is 10.3. The minimum atomic E-state index is -0.994. The van der Waals surface area contributed by atoms with Crippen LogP contribution in [0, 0.1) is 0 Å². The topological polar surface area (TPSA) is 168 Å². The van der Waals surface area contributed by atoms with Crippen molar-refractivity contribution < 1.29 is 19.2 Å². The Bertz CT molecular complexity index is 427. The van der Waals surface area contributed by atoms with Crippen LogP contribution in [-0.4, -0.2) is 60.9 Å². The summed E-state index contributed by atoms with van der Waals surface area (Å²) in [5.41, 5.74) is 10.9. The molecule has 124 valence electrons. The second-order valence-electron chi connectivity index (χ2n) is 5.05. The van der Waals surface area contributed by atoms with Gasteiger partial charge >= 0.3 is 0 Å². The van der Waals surface area contributed by atoms with Crippen molar-refractivity contribution in [2.75, 3.05) is 13.1 Å². The Balaban J connectivity index is 3.01. The Labute approximate surface area is 127 Å². The van der Waals surface area contributed by atoms with Crippen LogP contribution in [0.25, 0.3) is 0 Å². The molecule has 1 aliphatic heterocycles. The van der Waals surface area contributed by atoms with Gasteiger partial charge in [-0.15, -0.1) is 0 Å². The van der Waals surface area contributed by atoms with E-state index in [2.05, 4.69) is 21.3 Å². The van der Waals surface area contributed by atoms with Crippen LogP contribution in [-0.2, 0) is 19.2 Å². The fourth-order valence-electron chi connectivity index (χ4n) is 1.82. The molecule has 0 bridgehead atoms. The highest BCUT2D eigenvalue weighted by Crippen LogP contribution is 1.94. The molecule has 4 atom stereocenters. The molecule has 1 rings (SSSR count). The lowest BCUT2D eigenvalue weighted by Crippen LogP contribution is -2.62. The molecular formula is C12H22N6O4. The van der Waals surface area contributed by atoms with Crippen molar-refractivity contribution in [2.24, 2.45) is 11.5 Å². The average Bonchev–Trinajstić information content (AvgIpc) is 2.47. The molecule has 10 heteroatoms. The van der Waals surface area contributed by atoms with E-state index in [1.54, 1.807) is 0 Å². The van der Waals surface area contributed by atoms with Gasteiger partial charge in [-0.2, -0.15) is 0 Å². The molecule has 0 aromatic rings. The summed E-state index contributed by atoms with van der Waals surface area (Å²) in [4.78, 5) is 47.9. The van der Waals surface area contributed by atoms with Gasteiger partial charge in [-0.3, -0.25) is 19.2 Å². The summed E-state index contributed by atoms with van der Waals surface area (Å²) in [5, 5.41) is 9.69. The number of carbonyl (C=O) groups is 4. The van der Waals surface area contributed by atoms with Crippen molar-refractivity contribution in [3.8, 4) is 0 Å². The van der Waals surface area contributed by atoms with Crippen molar-refractivity contribution in [1.29, 1.82) is 0 Å². The van der Waals surface area contributed by atoms with Gasteiger partial charge in [0.25, 0.3) is 0 Å². The molecule has 0 unspecified atom stereocenters. The first-order valence-corrected chi connectivity index (χ1v) is 6.91. The van der Waals surface area contributed by atoms with Crippen molar-refractivity contribution in [1.82, 2.24) is 21.3 Å². The highest BCUT2D eigenvalue weighted by Gasteiger charge is 2.30. The maximum Gasteiger partial charge on any atom is 0.244 e. The lowest BCUT2D eigenvalue weighted by Gasteiger charge is -2.26. The molecule has 0 aromatic heterocycles. The van der Waals surface area contributed by atoms with E-state index in [1.807, 2.05) is 0 Å². The predicted molar refractivity (Wildman–Crippen MR) is 77.2 cm³/mol. The molecule has 1 saturated heterocycles. The Hall–Kier alpha value is -2.20. The molecule has 4 amide bonds. The number of nitrogens with one attached hydrogen (secondary N) is 4. The lowest BCUT2D eigenvalue weighted by atomic mass is 10.1. The fourth-order valence-corrected chi connectivity index (χ4v) is 1.82. The van der Waals surface area contributed by atoms with E-state index in [0.29, 0.717) is 0 Å². The normalized spacial score (nSPS) is 31.1. The average molecular weight is 314 g/mol. The van der Waals surface area contributed by atoms with Crippen LogP contribution in [0.2, 0.25) is 0 Å². The minimum absolute atomic E-state index is 0.141. The summed E-state index contributed by atoms with van der Waals surface area (Å²) < 4.78 is 0. The van der Waals surface area contributed by atoms with Crippen LogP contribution in [0.15, 0.2) is 0 Å². The number of rotatable bonds is 2. The molecule has 22 heavy (non-hydrogen) atoms. The number of hydrogen-bond donors (Lipinski definition) is 6. The number of nitrogens with two attached hydrogens (primary N) is 2. The molecule has 0 saturated carbocycles. The molecule has 1 heterocycles. The Morgan fingerprint density at radius 2 is 1.00 bits per heavy atom. The van der Waals surface area contributed by atoms with Crippen LogP contribution in [0.3, 0.4) is 0 Å². The summed E-state index contributed by atoms with van der Waals surface area (Å²) in [5.74, 6) is -2.28. The van der Waals surface area contributed by atoms with Crippen molar-refractivity contribution in [3.63, 3.8) is 0 Å². The lowest BCUT2D eigenvalue weighted by molar-refractivity contribution is -0.136. The van der Waals surface area contributed by atoms with Crippen LogP contribution < -0.4 is 32.7 Å². The minimum Gasteiger partial charge on any atom is -0.343 e. The molecule has 0 radical (unpaired) electrons. The van der Waals surface area contributed by atoms with Crippen molar-refractivity contribution in [2.45, 2.75) is 38.0 Å². The van der Waals surface area contributed by atoms with Crippen molar-refractivity contribution >= 4 is 23.6 Å². The second kappa shape index (κ2) is 7.71. The largest absolute Gasteiger partial charge is 0.343 e. The first-order valence-electron chi connectivity index (χ1n) is 6.91. The number of amides is 4. The van der Waals surface area contributed by atoms with Crippen LogP contribution in [0.1, 0.15) is 13.8 Å². The molecule has 0 spiro atoms. The highest BCUT2D eigenvalue weighted by atomic mass is 16.2. The van der Waals surface area contributed by atoms with Gasteiger partial charge in [0.2, 0.25) is 23.6 Å². The molecule has 1 aliphatic rings. The standard InChI is InChI=1S/C12H22N6O4/c1-5-9(19)17-8(4-14)12(22)16-6(2)10(20)18-7(3-13)11(21)15-5/h5-8H,3-4,13-14H2,1-2H3,(H,15,21)(H,16,22)(H,17,19)(H,18,20)/t5-,6-,7+,8+/m1/s1. The Kier molecular flexibility index (Phi) is 6.25. The zero-order valence-electron chi connectivity index (χ0n) is 12.5. The third-order valence-electron chi connectivity index (χ3n) is 3.24. The summed E-state index contributed by atoms with van der Waals surface area (Å²) >= 11 is 0. The van der Waals surface area contributed by atoms with E-state index >= 15 is 0 Å². The van der Waals surface area contributed by atoms with E-state index in [4.69, 9.17) is 11.5 Å². The molecule has 0 aromatic carbocycles. The van der Waals surface area contributed by atoms with E-state index < -0.39 is 47.8 Å². The maximum atomic E-state index is 12.0. The zero-order valence-corrected chi connectivity index (χ0v) is 12.5. The number of carbonyl (C=O) groups excluding carboxylic acids is 4. The Morgan fingerprint density at radius 3 is 1.27 bits per heavy atom. The Morgan fingerprint density at radius 1 is 0.682 bits per heavy atom. The maximum absolute atomic E-state index is 12.0. The molecular weight excluding hydrogens is 292 g/mol. The van der Waals surface area contributed by atoms with Crippen molar-refractivity contribution in [3.05, 3.63) is 0 Å². The van der Waals surface area contributed by atoms with Crippen LogP contribution in [0.4, 0.5) is 0 Å². The zero-order chi connectivity index (χ0) is 16.9. The monoisotopic (exact) mass is 314 g/mol. The molecule has 0 aliphatic carbocycles. The van der Waals surface area contributed by atoms with Gasteiger partial charge in [0.15, 0.2) is 0 Å². The SMILES string of the molecule is C[C@H]1NC(=O)[C@H](CN)NC(=O)[C@@H](C)NC(=O)[C@H](CN)NC1=O. The van der Waals surface area contributed by atoms with Crippen LogP contribution in [0.5, 0.6) is 0 Å². The van der Waals surface area contributed by atoms with Crippen LogP contribution >= 0.6 is 0 Å². The van der Waals surface area contributed by atoms with Gasteiger partial charge in [0.1, 0.15) is 24.2 Å². The highest BCUT2D eigenvalue weighted by molar-refractivity contribution is 5.97. The second-order valence-corrected chi connectivity index (χ2v) is 5.05. The quantitative estimate of drug-likeness (QED) is 0.303. The summed E-state index contributed by atoms with van der Waals surface area (Å²) in [6.07, 6.45) is 0. The summed E-state index contributed by atoms with van der Waals surface area (Å²) in [7, 11) is 0. The van der Waals surface area contributed by atoms with E-state index in [9.17, 15) is 19.2 Å². The van der Waals surface area contributed by atoms with Gasteiger partial charge < -0.3 is 32.7 Å². The number of hydrogen-bond acceptors (Lipinski definition) is 6. The van der Waals surface area contributed by atoms with E-state index in [-0.39, 0.29) is 13.1 Å². The fraction of sp³-hybridized carbons (Fsp3) is 0.667. The summed E-state index contributed by atoms with van der Waals surface area (Å²) in [6, 6.07) is -3.80. The first kappa shape index (κ1) is 17.9. The van der Waals surface area contributed by atoms with E-state index in [1.165, 1.54) is 13.8 Å². The van der Waals surface area contributed by atoms with Gasteiger partial charge in [0, 0.05) is 13.1 Å². The van der Waals surface area contributed by atoms with Gasteiger partial charge in [-0.05, 0) is 13.8 Å². The molecule has 10 nitrogen and oxygen atoms in total. The smallest absolute Gasteiger partial charge is 0.244 e.